The third-order valence-corrected chi connectivity index (χ3v) is 3.82. The molecule has 0 radical (unpaired) electrons. The maximum Gasteiger partial charge on any atom is 0.255 e. The van der Waals surface area contributed by atoms with Crippen molar-refractivity contribution in [1.29, 1.82) is 0 Å². The number of nitrogens with zero attached hydrogens (tertiary/aromatic N) is 1. The zero-order chi connectivity index (χ0) is 13.1. The van der Waals surface area contributed by atoms with Crippen LogP contribution in [-0.2, 0) is 0 Å². The molecule has 0 saturated carbocycles. The van der Waals surface area contributed by atoms with Crippen molar-refractivity contribution in [1.82, 2.24) is 4.90 Å². The molecule has 1 fully saturated rings. The maximum atomic E-state index is 12.4. The van der Waals surface area contributed by atoms with E-state index in [1.807, 2.05) is 0 Å². The van der Waals surface area contributed by atoms with Crippen LogP contribution in [0.2, 0.25) is 10.0 Å². The summed E-state index contributed by atoms with van der Waals surface area (Å²) in [6, 6.07) is 4.74. The molecule has 0 aliphatic carbocycles. The minimum Gasteiger partial charge on any atom is -0.394 e. The second-order valence-electron chi connectivity index (χ2n) is 4.45. The van der Waals surface area contributed by atoms with Crippen molar-refractivity contribution >= 4 is 29.1 Å². The number of benzene rings is 1. The number of aliphatic hydroxyl groups excluding tert-OH is 1. The van der Waals surface area contributed by atoms with Crippen molar-refractivity contribution in [2.24, 2.45) is 0 Å². The van der Waals surface area contributed by atoms with Crippen molar-refractivity contribution in [3.63, 3.8) is 0 Å². The zero-order valence-corrected chi connectivity index (χ0v) is 11.4. The van der Waals surface area contributed by atoms with Gasteiger partial charge >= 0.3 is 0 Å². The van der Waals surface area contributed by atoms with Crippen molar-refractivity contribution in [3.8, 4) is 0 Å². The van der Waals surface area contributed by atoms with Crippen LogP contribution in [0.5, 0.6) is 0 Å². The van der Waals surface area contributed by atoms with Crippen LogP contribution in [0.3, 0.4) is 0 Å². The lowest BCUT2D eigenvalue weighted by Crippen LogP contribution is -2.45. The largest absolute Gasteiger partial charge is 0.394 e. The third kappa shape index (κ3) is 2.79. The molecule has 1 unspecified atom stereocenters. The fourth-order valence-electron chi connectivity index (χ4n) is 2.27. The summed E-state index contributed by atoms with van der Waals surface area (Å²) in [5.41, 5.74) is 0.407. The molecule has 1 saturated heterocycles. The van der Waals surface area contributed by atoms with Crippen LogP contribution in [0.15, 0.2) is 18.2 Å². The highest BCUT2D eigenvalue weighted by molar-refractivity contribution is 6.35. The molecule has 3 nitrogen and oxygen atoms in total. The lowest BCUT2D eigenvalue weighted by atomic mass is 10.0. The average Bonchev–Trinajstić information content (AvgIpc) is 2.40. The van der Waals surface area contributed by atoms with Crippen LogP contribution in [0.25, 0.3) is 0 Å². The summed E-state index contributed by atoms with van der Waals surface area (Å²) in [5.74, 6) is -0.152. The number of carbonyl (C=O) groups excluding carboxylic acids is 1. The first-order chi connectivity index (χ1) is 8.63. The summed E-state index contributed by atoms with van der Waals surface area (Å²) in [6.07, 6.45) is 2.83. The molecule has 0 aromatic heterocycles. The van der Waals surface area contributed by atoms with Gasteiger partial charge in [0.2, 0.25) is 0 Å². The number of amides is 1. The van der Waals surface area contributed by atoms with Crippen LogP contribution >= 0.6 is 23.2 Å². The van der Waals surface area contributed by atoms with Crippen molar-refractivity contribution in [3.05, 3.63) is 33.8 Å². The molecule has 98 valence electrons. The predicted octanol–water partition coefficient (Wildman–Crippen LogP) is 2.98. The normalized spacial score (nSPS) is 19.9. The quantitative estimate of drug-likeness (QED) is 0.909. The number of hydrogen-bond donors (Lipinski definition) is 1. The van der Waals surface area contributed by atoms with Crippen LogP contribution in [0, 0.1) is 0 Å². The maximum absolute atomic E-state index is 12.4. The molecular weight excluding hydrogens is 273 g/mol. The molecule has 1 N–H and O–H groups in total. The molecule has 2 rings (SSSR count). The highest BCUT2D eigenvalue weighted by Crippen LogP contribution is 2.25. The Balaban J connectivity index is 2.26. The highest BCUT2D eigenvalue weighted by Gasteiger charge is 2.28. The van der Waals surface area contributed by atoms with E-state index in [-0.39, 0.29) is 18.6 Å². The highest BCUT2D eigenvalue weighted by atomic mass is 35.5. The van der Waals surface area contributed by atoms with Gasteiger partial charge in [-0.15, -0.1) is 0 Å². The Kier molecular flexibility index (Phi) is 4.49. The average molecular weight is 288 g/mol. The van der Waals surface area contributed by atoms with E-state index in [1.54, 1.807) is 23.1 Å². The summed E-state index contributed by atoms with van der Waals surface area (Å²) in [5, 5.41) is 10.2. The van der Waals surface area contributed by atoms with E-state index in [4.69, 9.17) is 23.2 Å². The van der Waals surface area contributed by atoms with E-state index in [2.05, 4.69) is 0 Å². The molecule has 1 amide bonds. The Bertz CT molecular complexity index is 451. The fourth-order valence-corrected chi connectivity index (χ4v) is 2.64. The molecule has 1 atom stereocenters. The van der Waals surface area contributed by atoms with Gasteiger partial charge in [0, 0.05) is 11.6 Å². The minimum absolute atomic E-state index is 0.01000. The van der Waals surface area contributed by atoms with E-state index in [9.17, 15) is 9.90 Å². The molecule has 1 aromatic carbocycles. The Hall–Kier alpha value is -0.770. The summed E-state index contributed by atoms with van der Waals surface area (Å²) in [7, 11) is 0. The Labute approximate surface area is 116 Å². The van der Waals surface area contributed by atoms with Crippen LogP contribution in [0.4, 0.5) is 0 Å². The number of likely N-dealkylation sites (tertiary alicyclic amines) is 1. The number of piperidine rings is 1. The van der Waals surface area contributed by atoms with Gasteiger partial charge in [-0.1, -0.05) is 23.2 Å². The molecule has 1 aliphatic heterocycles. The molecule has 18 heavy (non-hydrogen) atoms. The molecule has 1 aromatic rings. The van der Waals surface area contributed by atoms with Gasteiger partial charge < -0.3 is 10.0 Å². The standard InChI is InChI=1S/C13H15Cl2NO2/c14-9-4-5-12(15)11(7-9)13(18)16-6-2-1-3-10(16)8-17/h4-5,7,10,17H,1-3,6,8H2. The number of aliphatic hydroxyl groups is 1. The number of halogens is 2. The Morgan fingerprint density at radius 1 is 1.39 bits per heavy atom. The van der Waals surface area contributed by atoms with Gasteiger partial charge in [-0.25, -0.2) is 0 Å². The second kappa shape index (κ2) is 5.91. The smallest absolute Gasteiger partial charge is 0.255 e. The molecule has 1 aliphatic rings. The zero-order valence-electron chi connectivity index (χ0n) is 9.90. The van der Waals surface area contributed by atoms with Crippen LogP contribution in [0.1, 0.15) is 29.6 Å². The van der Waals surface area contributed by atoms with Gasteiger partial charge in [-0.05, 0) is 37.5 Å². The molecule has 5 heteroatoms. The van der Waals surface area contributed by atoms with Gasteiger partial charge in [0.05, 0.1) is 23.2 Å². The molecular formula is C13H15Cl2NO2. The Morgan fingerprint density at radius 2 is 2.17 bits per heavy atom. The molecule has 0 bridgehead atoms. The molecule has 1 heterocycles. The third-order valence-electron chi connectivity index (χ3n) is 3.26. The number of hydrogen-bond acceptors (Lipinski definition) is 2. The van der Waals surface area contributed by atoms with E-state index < -0.39 is 0 Å². The van der Waals surface area contributed by atoms with Gasteiger partial charge in [-0.2, -0.15) is 0 Å². The van der Waals surface area contributed by atoms with E-state index >= 15 is 0 Å². The topological polar surface area (TPSA) is 40.5 Å². The van der Waals surface area contributed by atoms with Gasteiger partial charge in [0.25, 0.3) is 5.91 Å². The minimum atomic E-state index is -0.152. The summed E-state index contributed by atoms with van der Waals surface area (Å²) in [6.45, 7) is 0.650. The summed E-state index contributed by atoms with van der Waals surface area (Å²) >= 11 is 11.9. The lowest BCUT2D eigenvalue weighted by Gasteiger charge is -2.34. The summed E-state index contributed by atoms with van der Waals surface area (Å²) in [4.78, 5) is 14.1. The van der Waals surface area contributed by atoms with E-state index in [0.29, 0.717) is 22.2 Å². The predicted molar refractivity (Wildman–Crippen MR) is 72.2 cm³/mol. The molecule has 0 spiro atoms. The van der Waals surface area contributed by atoms with Gasteiger partial charge in [0.15, 0.2) is 0 Å². The fraction of sp³-hybridized carbons (Fsp3) is 0.462. The van der Waals surface area contributed by atoms with Gasteiger partial charge in [0.1, 0.15) is 0 Å². The monoisotopic (exact) mass is 287 g/mol. The first-order valence-corrected chi connectivity index (χ1v) is 6.76. The Morgan fingerprint density at radius 3 is 2.89 bits per heavy atom. The number of carbonyl (C=O) groups is 1. The summed E-state index contributed by atoms with van der Waals surface area (Å²) < 4.78 is 0. The van der Waals surface area contributed by atoms with Crippen LogP contribution < -0.4 is 0 Å². The first kappa shape index (κ1) is 13.7. The SMILES string of the molecule is O=C(c1cc(Cl)ccc1Cl)N1CCCCC1CO. The van der Waals surface area contributed by atoms with E-state index in [1.165, 1.54) is 0 Å². The number of rotatable bonds is 2. The van der Waals surface area contributed by atoms with Gasteiger partial charge in [-0.3, -0.25) is 4.79 Å². The van der Waals surface area contributed by atoms with E-state index in [0.717, 1.165) is 19.3 Å². The van der Waals surface area contributed by atoms with Crippen molar-refractivity contribution in [2.45, 2.75) is 25.3 Å². The van der Waals surface area contributed by atoms with Crippen molar-refractivity contribution < 1.29 is 9.90 Å². The first-order valence-electron chi connectivity index (χ1n) is 6.00. The lowest BCUT2D eigenvalue weighted by molar-refractivity contribution is 0.0503. The second-order valence-corrected chi connectivity index (χ2v) is 5.30. The van der Waals surface area contributed by atoms with Crippen molar-refractivity contribution in [2.75, 3.05) is 13.2 Å². The van der Waals surface area contributed by atoms with Crippen LogP contribution in [-0.4, -0.2) is 35.1 Å².